The highest BCUT2D eigenvalue weighted by molar-refractivity contribution is 6.32. The van der Waals surface area contributed by atoms with Gasteiger partial charge in [0.25, 0.3) is 0 Å². The lowest BCUT2D eigenvalue weighted by molar-refractivity contribution is -0.0348. The van der Waals surface area contributed by atoms with Crippen LogP contribution >= 0.6 is 11.6 Å². The number of rotatable bonds is 5. The number of fused-ring (bicyclic) bond motifs is 4. The zero-order valence-electron chi connectivity index (χ0n) is 20.6. The molecule has 0 aromatic heterocycles. The maximum Gasteiger partial charge on any atom is 0.407 e. The van der Waals surface area contributed by atoms with Crippen molar-refractivity contribution in [3.8, 4) is 16.9 Å². The van der Waals surface area contributed by atoms with Gasteiger partial charge < -0.3 is 14.8 Å². The van der Waals surface area contributed by atoms with Gasteiger partial charge in [0.05, 0.1) is 17.2 Å². The van der Waals surface area contributed by atoms with Crippen LogP contribution in [0.1, 0.15) is 57.7 Å². The minimum absolute atomic E-state index is 0.0151. The van der Waals surface area contributed by atoms with E-state index in [2.05, 4.69) is 42.3 Å². The molecule has 1 aliphatic carbocycles. The fraction of sp³-hybridized carbons (Fsp3) is 0.536. The molecule has 6 heteroatoms. The van der Waals surface area contributed by atoms with E-state index in [-0.39, 0.29) is 29.8 Å². The molecule has 182 valence electrons. The normalized spacial score (nSPS) is 26.9. The van der Waals surface area contributed by atoms with E-state index in [1.807, 2.05) is 32.0 Å². The third-order valence-corrected chi connectivity index (χ3v) is 7.92. The van der Waals surface area contributed by atoms with E-state index in [0.717, 1.165) is 50.0 Å². The monoisotopic (exact) mass is 482 g/mol. The molecule has 5 nitrogen and oxygen atoms in total. The number of halogens is 1. The first-order valence-corrected chi connectivity index (χ1v) is 12.9. The van der Waals surface area contributed by atoms with E-state index in [1.54, 1.807) is 0 Å². The summed E-state index contributed by atoms with van der Waals surface area (Å²) in [6.07, 6.45) is 2.96. The number of carbonyl (C=O) groups is 1. The van der Waals surface area contributed by atoms with Crippen LogP contribution in [-0.4, -0.2) is 42.8 Å². The number of hydrogen-bond acceptors (Lipinski definition) is 4. The highest BCUT2D eigenvalue weighted by atomic mass is 35.5. The van der Waals surface area contributed by atoms with E-state index in [0.29, 0.717) is 16.7 Å². The minimum Gasteiger partial charge on any atom is -0.489 e. The van der Waals surface area contributed by atoms with Crippen LogP contribution in [0.5, 0.6) is 5.75 Å². The highest BCUT2D eigenvalue weighted by Gasteiger charge is 2.42. The van der Waals surface area contributed by atoms with Gasteiger partial charge in [0.2, 0.25) is 0 Å². The van der Waals surface area contributed by atoms with Crippen molar-refractivity contribution in [3.63, 3.8) is 0 Å². The Bertz CT molecular complexity index is 1080. The molecule has 1 N–H and O–H groups in total. The van der Waals surface area contributed by atoms with Gasteiger partial charge in [-0.3, -0.25) is 4.90 Å². The van der Waals surface area contributed by atoms with Crippen LogP contribution in [0.2, 0.25) is 5.02 Å². The van der Waals surface area contributed by atoms with Crippen LogP contribution in [0, 0.1) is 11.3 Å². The maximum atomic E-state index is 12.9. The minimum atomic E-state index is -0.290. The lowest BCUT2D eigenvalue weighted by Gasteiger charge is -2.44. The molecular weight excluding hydrogens is 448 g/mol. The van der Waals surface area contributed by atoms with Gasteiger partial charge in [-0.2, -0.15) is 0 Å². The van der Waals surface area contributed by atoms with Crippen molar-refractivity contribution in [3.05, 3.63) is 52.5 Å². The summed E-state index contributed by atoms with van der Waals surface area (Å²) in [4.78, 5) is 15.3. The molecule has 0 saturated carbocycles. The summed E-state index contributed by atoms with van der Waals surface area (Å²) < 4.78 is 11.7. The summed E-state index contributed by atoms with van der Waals surface area (Å²) >= 11 is 6.48. The fourth-order valence-electron chi connectivity index (χ4n) is 5.87. The standard InChI is InChI=1S/C28H35ClN2O3/c1-17(2)33-24-8-6-20(14-23(24)29)19-5-7-22-21(13-19)15-28(3,4)26(22)30-27(32)34-25-16-31-11-9-18(25)10-12-31/h5-8,13-14,17-18,25-26H,9-12,15-16H2,1-4H3,(H,30,32)/t25-,26?/m1/s1. The Morgan fingerprint density at radius 1 is 1.12 bits per heavy atom. The Labute approximate surface area is 207 Å². The Morgan fingerprint density at radius 3 is 2.47 bits per heavy atom. The molecule has 2 atom stereocenters. The summed E-state index contributed by atoms with van der Waals surface area (Å²) in [6, 6.07) is 12.4. The van der Waals surface area contributed by atoms with E-state index >= 15 is 0 Å². The first-order valence-electron chi connectivity index (χ1n) is 12.5. The van der Waals surface area contributed by atoms with Crippen LogP contribution in [0.25, 0.3) is 11.1 Å². The molecule has 3 aliphatic heterocycles. The number of nitrogens with zero attached hydrogens (tertiary/aromatic N) is 1. The summed E-state index contributed by atoms with van der Waals surface area (Å²) in [6.45, 7) is 11.5. The third-order valence-electron chi connectivity index (χ3n) is 7.63. The lowest BCUT2D eigenvalue weighted by Crippen LogP contribution is -2.53. The van der Waals surface area contributed by atoms with Crippen LogP contribution in [0.3, 0.4) is 0 Å². The van der Waals surface area contributed by atoms with Gasteiger partial charge in [0, 0.05) is 6.54 Å². The predicted octanol–water partition coefficient (Wildman–Crippen LogP) is 6.24. The topological polar surface area (TPSA) is 50.8 Å². The van der Waals surface area contributed by atoms with Gasteiger partial charge in [-0.15, -0.1) is 0 Å². The van der Waals surface area contributed by atoms with E-state index in [1.165, 1.54) is 11.1 Å². The van der Waals surface area contributed by atoms with Gasteiger partial charge in [-0.1, -0.05) is 49.7 Å². The number of nitrogens with one attached hydrogen (secondary N) is 1. The molecule has 0 radical (unpaired) electrons. The first-order chi connectivity index (χ1) is 16.2. The second-order valence-electron chi connectivity index (χ2n) is 11.0. The smallest absolute Gasteiger partial charge is 0.407 e. The van der Waals surface area contributed by atoms with Crippen molar-refractivity contribution in [1.82, 2.24) is 10.2 Å². The molecule has 1 amide bonds. The second-order valence-corrected chi connectivity index (χ2v) is 11.5. The molecule has 2 bridgehead atoms. The number of hydrogen-bond donors (Lipinski definition) is 1. The Hall–Kier alpha value is -2.24. The molecule has 0 spiro atoms. The van der Waals surface area contributed by atoms with Crippen molar-refractivity contribution in [1.29, 1.82) is 0 Å². The molecule has 3 fully saturated rings. The van der Waals surface area contributed by atoms with E-state index in [4.69, 9.17) is 21.1 Å². The molecule has 3 heterocycles. The summed E-state index contributed by atoms with van der Waals surface area (Å²) in [5.74, 6) is 1.21. The number of ether oxygens (including phenoxy) is 2. The van der Waals surface area contributed by atoms with Crippen molar-refractivity contribution >= 4 is 17.7 Å². The van der Waals surface area contributed by atoms with E-state index in [9.17, 15) is 4.79 Å². The average molecular weight is 483 g/mol. The Balaban J connectivity index is 1.31. The zero-order chi connectivity index (χ0) is 24.0. The number of alkyl carbamates (subject to hydrolysis) is 1. The largest absolute Gasteiger partial charge is 0.489 e. The van der Waals surface area contributed by atoms with Crippen LogP contribution < -0.4 is 10.1 Å². The third kappa shape index (κ3) is 4.65. The summed E-state index contributed by atoms with van der Waals surface area (Å²) in [5.41, 5.74) is 4.50. The van der Waals surface area contributed by atoms with Gasteiger partial charge in [-0.25, -0.2) is 4.79 Å². The number of carbonyl (C=O) groups excluding carboxylic acids is 1. The van der Waals surface area contributed by atoms with Crippen molar-refractivity contribution in [2.75, 3.05) is 19.6 Å². The van der Waals surface area contributed by atoms with Gasteiger partial charge in [0.15, 0.2) is 0 Å². The number of benzene rings is 2. The summed E-state index contributed by atoms with van der Waals surface area (Å²) in [7, 11) is 0. The second kappa shape index (κ2) is 9.09. The molecule has 2 aromatic rings. The Morgan fingerprint density at radius 2 is 1.82 bits per heavy atom. The number of piperidine rings is 3. The quantitative estimate of drug-likeness (QED) is 0.548. The molecule has 34 heavy (non-hydrogen) atoms. The molecule has 1 unspecified atom stereocenters. The van der Waals surface area contributed by atoms with Crippen LogP contribution in [-0.2, 0) is 11.2 Å². The van der Waals surface area contributed by atoms with Gasteiger partial charge in [-0.05, 0) is 91.9 Å². The molecule has 4 aliphatic rings. The first kappa shape index (κ1) is 23.5. The van der Waals surface area contributed by atoms with Crippen molar-refractivity contribution in [2.45, 2.75) is 65.2 Å². The van der Waals surface area contributed by atoms with Gasteiger partial charge >= 0.3 is 6.09 Å². The SMILES string of the molecule is CC(C)Oc1ccc(-c2ccc3c(c2)CC(C)(C)C3NC(=O)O[C@@H]2CN3CCC2CC3)cc1Cl. The fourth-order valence-corrected chi connectivity index (χ4v) is 6.10. The number of amides is 1. The maximum absolute atomic E-state index is 12.9. The van der Waals surface area contributed by atoms with Gasteiger partial charge in [0.1, 0.15) is 11.9 Å². The van der Waals surface area contributed by atoms with Crippen molar-refractivity contribution in [2.24, 2.45) is 11.3 Å². The highest BCUT2D eigenvalue weighted by Crippen LogP contribution is 2.46. The zero-order valence-corrected chi connectivity index (χ0v) is 21.3. The van der Waals surface area contributed by atoms with Crippen molar-refractivity contribution < 1.29 is 14.3 Å². The van der Waals surface area contributed by atoms with Crippen LogP contribution in [0.4, 0.5) is 4.79 Å². The predicted molar refractivity (Wildman–Crippen MR) is 135 cm³/mol. The molecular formula is C28H35ClN2O3. The molecule has 2 aromatic carbocycles. The Kier molecular flexibility index (Phi) is 6.28. The molecule has 6 rings (SSSR count). The summed E-state index contributed by atoms with van der Waals surface area (Å²) in [5, 5.41) is 3.82. The molecule has 3 saturated heterocycles. The van der Waals surface area contributed by atoms with Crippen LogP contribution in [0.15, 0.2) is 36.4 Å². The lowest BCUT2D eigenvalue weighted by atomic mass is 9.85. The van der Waals surface area contributed by atoms with E-state index < -0.39 is 0 Å². The average Bonchev–Trinajstić information content (AvgIpc) is 3.04.